The van der Waals surface area contributed by atoms with Crippen molar-refractivity contribution in [3.63, 3.8) is 0 Å². The van der Waals surface area contributed by atoms with Crippen LogP contribution in [0.15, 0.2) is 42.7 Å². The number of carbonyl (C=O) groups excluding carboxylic acids is 1. The van der Waals surface area contributed by atoms with Crippen molar-refractivity contribution in [1.82, 2.24) is 10.3 Å². The molecule has 1 aromatic carbocycles. The molecular formula is C18H22N2O3. The van der Waals surface area contributed by atoms with E-state index in [1.165, 1.54) is 0 Å². The van der Waals surface area contributed by atoms with Gasteiger partial charge in [0, 0.05) is 18.0 Å². The Bertz CT molecular complexity index is 644. The molecule has 1 aromatic heterocycles. The van der Waals surface area contributed by atoms with Crippen LogP contribution in [0, 0.1) is 0 Å². The highest BCUT2D eigenvalue weighted by Crippen LogP contribution is 2.28. The molecule has 2 aromatic rings. The Morgan fingerprint density at radius 3 is 2.39 bits per heavy atom. The van der Waals surface area contributed by atoms with Crippen LogP contribution in [0.4, 0.5) is 0 Å². The lowest BCUT2D eigenvalue weighted by Crippen LogP contribution is -2.26. The number of nitrogens with zero attached hydrogens (tertiary/aromatic N) is 1. The van der Waals surface area contributed by atoms with Gasteiger partial charge in [0.25, 0.3) is 5.91 Å². The van der Waals surface area contributed by atoms with Gasteiger partial charge in [-0.2, -0.15) is 0 Å². The summed E-state index contributed by atoms with van der Waals surface area (Å²) in [5.41, 5.74) is 1.54. The molecule has 0 bridgehead atoms. The molecule has 5 heteroatoms. The Kier molecular flexibility index (Phi) is 5.97. The standard InChI is InChI=1S/C18H22N2O3/c1-4-22-16-7-6-15(12-17(16)23-5-2)18(21)20-13(3)14-8-10-19-11-9-14/h6-13H,4-5H2,1-3H3,(H,20,21)/t13-/m1/s1. The maximum absolute atomic E-state index is 12.4. The molecule has 0 saturated heterocycles. The van der Waals surface area contributed by atoms with Crippen molar-refractivity contribution in [2.75, 3.05) is 13.2 Å². The molecule has 2 rings (SSSR count). The predicted molar refractivity (Wildman–Crippen MR) is 88.9 cm³/mol. The summed E-state index contributed by atoms with van der Waals surface area (Å²) < 4.78 is 11.1. The number of benzene rings is 1. The third-order valence-corrected chi connectivity index (χ3v) is 3.36. The fraction of sp³-hybridized carbons (Fsp3) is 0.333. The second-order valence-electron chi connectivity index (χ2n) is 5.00. The van der Waals surface area contributed by atoms with Crippen LogP contribution in [0.25, 0.3) is 0 Å². The molecule has 1 amide bonds. The van der Waals surface area contributed by atoms with Crippen LogP contribution in [0.5, 0.6) is 11.5 Å². The smallest absolute Gasteiger partial charge is 0.251 e. The minimum atomic E-state index is -0.154. The van der Waals surface area contributed by atoms with Gasteiger partial charge < -0.3 is 14.8 Å². The monoisotopic (exact) mass is 314 g/mol. The Morgan fingerprint density at radius 1 is 1.09 bits per heavy atom. The van der Waals surface area contributed by atoms with E-state index in [9.17, 15) is 4.79 Å². The SMILES string of the molecule is CCOc1ccc(C(=O)N[C@H](C)c2ccncc2)cc1OCC. The molecule has 0 fully saturated rings. The van der Waals surface area contributed by atoms with Gasteiger partial charge in [0.2, 0.25) is 0 Å². The molecule has 0 aliphatic carbocycles. The van der Waals surface area contributed by atoms with E-state index in [0.717, 1.165) is 5.56 Å². The zero-order valence-corrected chi connectivity index (χ0v) is 13.7. The summed E-state index contributed by atoms with van der Waals surface area (Å²) in [7, 11) is 0. The average Bonchev–Trinajstić information content (AvgIpc) is 2.57. The number of rotatable bonds is 7. The van der Waals surface area contributed by atoms with Crippen LogP contribution in [-0.2, 0) is 0 Å². The van der Waals surface area contributed by atoms with Crippen LogP contribution in [0.2, 0.25) is 0 Å². The average molecular weight is 314 g/mol. The van der Waals surface area contributed by atoms with Gasteiger partial charge in [0.1, 0.15) is 0 Å². The summed E-state index contributed by atoms with van der Waals surface area (Å²) in [4.78, 5) is 16.4. The fourth-order valence-electron chi connectivity index (χ4n) is 2.21. The Morgan fingerprint density at radius 2 is 1.74 bits per heavy atom. The van der Waals surface area contributed by atoms with Crippen molar-refractivity contribution < 1.29 is 14.3 Å². The van der Waals surface area contributed by atoms with E-state index in [4.69, 9.17) is 9.47 Å². The van der Waals surface area contributed by atoms with Gasteiger partial charge in [-0.1, -0.05) is 0 Å². The first kappa shape index (κ1) is 16.8. The van der Waals surface area contributed by atoms with Crippen molar-refractivity contribution in [1.29, 1.82) is 0 Å². The molecular weight excluding hydrogens is 292 g/mol. The number of amides is 1. The highest BCUT2D eigenvalue weighted by atomic mass is 16.5. The molecule has 0 saturated carbocycles. The Hall–Kier alpha value is -2.56. The third-order valence-electron chi connectivity index (χ3n) is 3.36. The van der Waals surface area contributed by atoms with Crippen LogP contribution >= 0.6 is 0 Å². The van der Waals surface area contributed by atoms with Gasteiger partial charge in [-0.25, -0.2) is 0 Å². The molecule has 1 atom stereocenters. The summed E-state index contributed by atoms with van der Waals surface area (Å²) in [5.74, 6) is 1.07. The second kappa shape index (κ2) is 8.17. The topological polar surface area (TPSA) is 60.5 Å². The lowest BCUT2D eigenvalue weighted by molar-refractivity contribution is 0.0939. The van der Waals surface area contributed by atoms with E-state index in [0.29, 0.717) is 30.3 Å². The van der Waals surface area contributed by atoms with Gasteiger partial charge in [0.05, 0.1) is 19.3 Å². The van der Waals surface area contributed by atoms with E-state index < -0.39 is 0 Å². The molecule has 122 valence electrons. The first-order valence-corrected chi connectivity index (χ1v) is 7.76. The van der Waals surface area contributed by atoms with E-state index in [1.807, 2.05) is 32.9 Å². The number of hydrogen-bond donors (Lipinski definition) is 1. The number of carbonyl (C=O) groups is 1. The van der Waals surface area contributed by atoms with Gasteiger partial charge in [-0.05, 0) is 56.7 Å². The zero-order valence-electron chi connectivity index (χ0n) is 13.7. The number of pyridine rings is 1. The molecule has 23 heavy (non-hydrogen) atoms. The maximum atomic E-state index is 12.4. The molecule has 1 N–H and O–H groups in total. The lowest BCUT2D eigenvalue weighted by Gasteiger charge is -2.16. The fourth-order valence-corrected chi connectivity index (χ4v) is 2.21. The molecule has 5 nitrogen and oxygen atoms in total. The summed E-state index contributed by atoms with van der Waals surface area (Å²) in [6.07, 6.45) is 3.42. The number of nitrogens with one attached hydrogen (secondary N) is 1. The van der Waals surface area contributed by atoms with Crippen LogP contribution in [0.1, 0.15) is 42.7 Å². The van der Waals surface area contributed by atoms with Crippen molar-refractivity contribution in [3.05, 3.63) is 53.9 Å². The zero-order chi connectivity index (χ0) is 16.7. The van der Waals surface area contributed by atoms with Crippen molar-refractivity contribution in [3.8, 4) is 11.5 Å². The minimum absolute atomic E-state index is 0.104. The molecule has 0 unspecified atom stereocenters. The Balaban J connectivity index is 2.14. The van der Waals surface area contributed by atoms with Crippen LogP contribution < -0.4 is 14.8 Å². The molecule has 0 spiro atoms. The van der Waals surface area contributed by atoms with Crippen LogP contribution in [-0.4, -0.2) is 24.1 Å². The van der Waals surface area contributed by atoms with E-state index >= 15 is 0 Å². The van der Waals surface area contributed by atoms with E-state index in [-0.39, 0.29) is 11.9 Å². The van der Waals surface area contributed by atoms with Crippen molar-refractivity contribution in [2.45, 2.75) is 26.8 Å². The van der Waals surface area contributed by atoms with Gasteiger partial charge in [0.15, 0.2) is 11.5 Å². The Labute approximate surface area is 136 Å². The first-order valence-electron chi connectivity index (χ1n) is 7.76. The molecule has 0 aliphatic heterocycles. The van der Waals surface area contributed by atoms with Gasteiger partial charge in [-0.3, -0.25) is 9.78 Å². The second-order valence-corrected chi connectivity index (χ2v) is 5.00. The molecule has 0 radical (unpaired) electrons. The lowest BCUT2D eigenvalue weighted by atomic mass is 10.1. The summed E-state index contributed by atoms with van der Waals surface area (Å²) >= 11 is 0. The first-order chi connectivity index (χ1) is 11.2. The predicted octanol–water partition coefficient (Wildman–Crippen LogP) is 3.37. The number of aromatic nitrogens is 1. The van der Waals surface area contributed by atoms with Crippen LogP contribution in [0.3, 0.4) is 0 Å². The minimum Gasteiger partial charge on any atom is -0.490 e. The van der Waals surface area contributed by atoms with E-state index in [2.05, 4.69) is 10.3 Å². The van der Waals surface area contributed by atoms with E-state index in [1.54, 1.807) is 30.6 Å². The number of ether oxygens (including phenoxy) is 2. The van der Waals surface area contributed by atoms with Crippen molar-refractivity contribution >= 4 is 5.91 Å². The summed E-state index contributed by atoms with van der Waals surface area (Å²) in [5, 5.41) is 2.97. The number of hydrogen-bond acceptors (Lipinski definition) is 4. The molecule has 1 heterocycles. The summed E-state index contributed by atoms with van der Waals surface area (Å²) in [6, 6.07) is 8.88. The third kappa shape index (κ3) is 4.45. The van der Waals surface area contributed by atoms with Gasteiger partial charge >= 0.3 is 0 Å². The quantitative estimate of drug-likeness (QED) is 0.851. The van der Waals surface area contributed by atoms with Gasteiger partial charge in [-0.15, -0.1) is 0 Å². The normalized spacial score (nSPS) is 11.6. The summed E-state index contributed by atoms with van der Waals surface area (Å²) in [6.45, 7) is 6.80. The molecule has 0 aliphatic rings. The largest absolute Gasteiger partial charge is 0.490 e. The van der Waals surface area contributed by atoms with Crippen molar-refractivity contribution in [2.24, 2.45) is 0 Å². The highest BCUT2D eigenvalue weighted by Gasteiger charge is 2.14. The highest BCUT2D eigenvalue weighted by molar-refractivity contribution is 5.95. The maximum Gasteiger partial charge on any atom is 0.251 e.